The van der Waals surface area contributed by atoms with Gasteiger partial charge >= 0.3 is 0 Å². The van der Waals surface area contributed by atoms with Crippen molar-refractivity contribution < 1.29 is 14.4 Å². The van der Waals surface area contributed by atoms with Crippen LogP contribution < -0.4 is 5.32 Å². The lowest BCUT2D eigenvalue weighted by Crippen LogP contribution is -2.44. The molecule has 2 aliphatic rings. The van der Waals surface area contributed by atoms with E-state index >= 15 is 0 Å². The van der Waals surface area contributed by atoms with Crippen LogP contribution in [-0.2, 0) is 11.3 Å². The number of rotatable bonds is 4. The minimum Gasteiger partial charge on any atom is -0.339 e. The zero-order valence-corrected chi connectivity index (χ0v) is 15.7. The fourth-order valence-electron chi connectivity index (χ4n) is 3.08. The number of carbonyl (C=O) groups excluding carboxylic acids is 3. The number of carbonyl (C=O) groups is 3. The highest BCUT2D eigenvalue weighted by Crippen LogP contribution is 2.22. The lowest BCUT2D eigenvalue weighted by atomic mass is 10.0. The standard InChI is InChI=1S/C17H21N3O3S.ClH/c1-19(14-5-7-18-8-6-14)16(22)13-4-2-3-12(9-13)10-20-15(21)11-24-17(20)23;/h2-4,9,14,18H,5-8,10-11H2,1H3;1H. The normalized spacial score (nSPS) is 18.2. The third kappa shape index (κ3) is 4.54. The van der Waals surface area contributed by atoms with Crippen LogP contribution in [0, 0.1) is 0 Å². The molecule has 0 aliphatic carbocycles. The summed E-state index contributed by atoms with van der Waals surface area (Å²) in [6, 6.07) is 7.46. The van der Waals surface area contributed by atoms with E-state index in [0.29, 0.717) is 5.56 Å². The zero-order valence-electron chi connectivity index (χ0n) is 14.1. The second-order valence-corrected chi connectivity index (χ2v) is 7.06. The highest BCUT2D eigenvalue weighted by molar-refractivity contribution is 8.14. The second-order valence-electron chi connectivity index (χ2n) is 6.13. The first-order valence-electron chi connectivity index (χ1n) is 8.10. The Morgan fingerprint density at radius 3 is 2.68 bits per heavy atom. The molecule has 25 heavy (non-hydrogen) atoms. The molecule has 0 saturated carbocycles. The molecule has 8 heteroatoms. The molecule has 3 amide bonds. The first kappa shape index (κ1) is 19.8. The van der Waals surface area contributed by atoms with Crippen molar-refractivity contribution in [2.24, 2.45) is 0 Å². The van der Waals surface area contributed by atoms with Gasteiger partial charge in [-0.2, -0.15) is 0 Å². The number of nitrogens with one attached hydrogen (secondary N) is 1. The van der Waals surface area contributed by atoms with Gasteiger partial charge in [0.1, 0.15) is 0 Å². The zero-order chi connectivity index (χ0) is 17.1. The van der Waals surface area contributed by atoms with E-state index in [1.165, 1.54) is 4.90 Å². The SMILES string of the molecule is CN(C(=O)c1cccc(CN2C(=O)CSC2=O)c1)C1CCNCC1.Cl. The Hall–Kier alpha value is -1.57. The Balaban J connectivity index is 0.00000225. The van der Waals surface area contributed by atoms with Crippen LogP contribution in [0.5, 0.6) is 0 Å². The number of nitrogens with zero attached hydrogens (tertiary/aromatic N) is 2. The van der Waals surface area contributed by atoms with Gasteiger partial charge in [-0.1, -0.05) is 23.9 Å². The number of amides is 3. The van der Waals surface area contributed by atoms with E-state index < -0.39 is 0 Å². The third-order valence-corrected chi connectivity index (χ3v) is 5.39. The summed E-state index contributed by atoms with van der Waals surface area (Å²) in [5, 5.41) is 3.08. The number of piperidine rings is 1. The summed E-state index contributed by atoms with van der Waals surface area (Å²) in [5.41, 5.74) is 1.39. The molecule has 1 N–H and O–H groups in total. The van der Waals surface area contributed by atoms with Crippen LogP contribution >= 0.6 is 24.2 Å². The topological polar surface area (TPSA) is 69.7 Å². The first-order chi connectivity index (χ1) is 11.6. The van der Waals surface area contributed by atoms with Gasteiger partial charge in [0.05, 0.1) is 12.3 Å². The smallest absolute Gasteiger partial charge is 0.289 e. The molecule has 6 nitrogen and oxygen atoms in total. The fourth-order valence-corrected chi connectivity index (χ4v) is 3.81. The highest BCUT2D eigenvalue weighted by Gasteiger charge is 2.30. The van der Waals surface area contributed by atoms with Crippen molar-refractivity contribution in [1.82, 2.24) is 15.1 Å². The molecule has 0 spiro atoms. The Bertz CT molecular complexity index is 648. The molecule has 0 unspecified atom stereocenters. The monoisotopic (exact) mass is 383 g/mol. The Morgan fingerprint density at radius 2 is 2.04 bits per heavy atom. The van der Waals surface area contributed by atoms with Crippen molar-refractivity contribution in [2.45, 2.75) is 25.4 Å². The molecule has 1 aromatic carbocycles. The summed E-state index contributed by atoms with van der Waals surface area (Å²) in [6.45, 7) is 2.08. The van der Waals surface area contributed by atoms with Crippen LogP contribution in [0.2, 0.25) is 0 Å². The highest BCUT2D eigenvalue weighted by atomic mass is 35.5. The number of imide groups is 1. The largest absolute Gasteiger partial charge is 0.339 e. The summed E-state index contributed by atoms with van der Waals surface area (Å²) < 4.78 is 0. The van der Waals surface area contributed by atoms with Gasteiger partial charge in [0, 0.05) is 18.7 Å². The summed E-state index contributed by atoms with van der Waals surface area (Å²) in [4.78, 5) is 39.2. The average molecular weight is 384 g/mol. The van der Waals surface area contributed by atoms with Crippen LogP contribution in [0.15, 0.2) is 24.3 Å². The Morgan fingerprint density at radius 1 is 1.32 bits per heavy atom. The van der Waals surface area contributed by atoms with E-state index in [-0.39, 0.29) is 47.8 Å². The first-order valence-corrected chi connectivity index (χ1v) is 9.09. The van der Waals surface area contributed by atoms with E-state index in [2.05, 4.69) is 5.32 Å². The molecule has 2 saturated heterocycles. The minimum absolute atomic E-state index is 0. The van der Waals surface area contributed by atoms with Crippen LogP contribution in [0.3, 0.4) is 0 Å². The van der Waals surface area contributed by atoms with Crippen molar-refractivity contribution >= 4 is 41.2 Å². The lowest BCUT2D eigenvalue weighted by molar-refractivity contribution is -0.125. The van der Waals surface area contributed by atoms with E-state index in [0.717, 1.165) is 43.3 Å². The predicted octanol–water partition coefficient (Wildman–Crippen LogP) is 2.13. The van der Waals surface area contributed by atoms with Gasteiger partial charge in [-0.25, -0.2) is 0 Å². The van der Waals surface area contributed by atoms with E-state index in [9.17, 15) is 14.4 Å². The van der Waals surface area contributed by atoms with Crippen molar-refractivity contribution in [2.75, 3.05) is 25.9 Å². The van der Waals surface area contributed by atoms with E-state index in [4.69, 9.17) is 0 Å². The lowest BCUT2D eigenvalue weighted by Gasteiger charge is -2.31. The van der Waals surface area contributed by atoms with Gasteiger partial charge in [-0.05, 0) is 43.6 Å². The van der Waals surface area contributed by atoms with Gasteiger partial charge in [0.25, 0.3) is 11.1 Å². The Kier molecular flexibility index (Phi) is 6.87. The molecule has 0 bridgehead atoms. The molecule has 136 valence electrons. The molecule has 0 radical (unpaired) electrons. The molecule has 2 aliphatic heterocycles. The molecular formula is C17H22ClN3O3S. The maximum absolute atomic E-state index is 12.7. The van der Waals surface area contributed by atoms with Gasteiger partial charge < -0.3 is 10.2 Å². The van der Waals surface area contributed by atoms with Crippen LogP contribution in [0.4, 0.5) is 4.79 Å². The number of thioether (sulfide) groups is 1. The summed E-state index contributed by atoms with van der Waals surface area (Å²) in [6.07, 6.45) is 1.91. The van der Waals surface area contributed by atoms with Crippen LogP contribution in [0.1, 0.15) is 28.8 Å². The number of halogens is 1. The van der Waals surface area contributed by atoms with Gasteiger partial charge in [0.2, 0.25) is 5.91 Å². The van der Waals surface area contributed by atoms with Crippen LogP contribution in [-0.4, -0.2) is 58.8 Å². The minimum atomic E-state index is -0.219. The second kappa shape index (κ2) is 8.69. The maximum Gasteiger partial charge on any atom is 0.289 e. The predicted molar refractivity (Wildman–Crippen MR) is 100 cm³/mol. The average Bonchev–Trinajstić information content (AvgIpc) is 2.93. The molecule has 1 aromatic rings. The van der Waals surface area contributed by atoms with E-state index in [1.807, 2.05) is 18.0 Å². The van der Waals surface area contributed by atoms with Crippen molar-refractivity contribution in [3.63, 3.8) is 0 Å². The van der Waals surface area contributed by atoms with Gasteiger partial charge in [-0.15, -0.1) is 12.4 Å². The number of hydrogen-bond donors (Lipinski definition) is 1. The molecule has 0 atom stereocenters. The fraction of sp³-hybridized carbons (Fsp3) is 0.471. The molecule has 3 rings (SSSR count). The van der Waals surface area contributed by atoms with Crippen molar-refractivity contribution in [3.05, 3.63) is 35.4 Å². The third-order valence-electron chi connectivity index (χ3n) is 4.53. The maximum atomic E-state index is 12.7. The quantitative estimate of drug-likeness (QED) is 0.862. The van der Waals surface area contributed by atoms with Crippen LogP contribution in [0.25, 0.3) is 0 Å². The molecular weight excluding hydrogens is 362 g/mol. The summed E-state index contributed by atoms with van der Waals surface area (Å²) in [5.74, 6) is 0.0152. The number of benzene rings is 1. The Labute approximate surface area is 157 Å². The van der Waals surface area contributed by atoms with Crippen molar-refractivity contribution in [1.29, 1.82) is 0 Å². The number of hydrogen-bond acceptors (Lipinski definition) is 5. The van der Waals surface area contributed by atoms with Gasteiger partial charge in [0.15, 0.2) is 0 Å². The molecule has 2 fully saturated rings. The van der Waals surface area contributed by atoms with E-state index in [1.54, 1.807) is 18.2 Å². The molecule has 2 heterocycles. The summed E-state index contributed by atoms with van der Waals surface area (Å²) in [7, 11) is 1.84. The summed E-state index contributed by atoms with van der Waals surface area (Å²) >= 11 is 1.02. The van der Waals surface area contributed by atoms with Crippen molar-refractivity contribution in [3.8, 4) is 0 Å². The van der Waals surface area contributed by atoms with Gasteiger partial charge in [-0.3, -0.25) is 19.3 Å². The molecule has 0 aromatic heterocycles.